The maximum absolute atomic E-state index is 5.56. The summed E-state index contributed by atoms with van der Waals surface area (Å²) in [5.41, 5.74) is 5.38. The zero-order valence-electron chi connectivity index (χ0n) is 11.5. The molecule has 2 aromatic rings. The number of aryl methyl sites for hydroxylation is 2. The lowest BCUT2D eigenvalue weighted by Crippen LogP contribution is -2.27. The highest BCUT2D eigenvalue weighted by Gasteiger charge is 2.25. The Bertz CT molecular complexity index is 613. The SMILES string of the molecule is COc1cc(C)cc2c3c(n(C)c12)CNCC3C. The van der Waals surface area contributed by atoms with Crippen LogP contribution < -0.4 is 10.1 Å². The highest BCUT2D eigenvalue weighted by molar-refractivity contribution is 5.91. The highest BCUT2D eigenvalue weighted by atomic mass is 16.5. The summed E-state index contributed by atoms with van der Waals surface area (Å²) in [6, 6.07) is 4.41. The van der Waals surface area contributed by atoms with Gasteiger partial charge in [0.2, 0.25) is 0 Å². The first-order valence-corrected chi connectivity index (χ1v) is 6.50. The lowest BCUT2D eigenvalue weighted by Gasteiger charge is -2.21. The molecule has 0 saturated carbocycles. The Kier molecular flexibility index (Phi) is 2.59. The number of nitrogens with zero attached hydrogens (tertiary/aromatic N) is 1. The third-order valence-electron chi connectivity index (χ3n) is 4.02. The van der Waals surface area contributed by atoms with Crippen molar-refractivity contribution in [3.8, 4) is 5.75 Å². The maximum Gasteiger partial charge on any atom is 0.143 e. The summed E-state index contributed by atoms with van der Waals surface area (Å²) in [5.74, 6) is 1.54. The Morgan fingerprint density at radius 2 is 2.17 bits per heavy atom. The number of fused-ring (bicyclic) bond motifs is 3. The average molecular weight is 244 g/mol. The summed E-state index contributed by atoms with van der Waals surface area (Å²) in [7, 11) is 3.89. The van der Waals surface area contributed by atoms with E-state index in [2.05, 4.69) is 42.9 Å². The fourth-order valence-corrected chi connectivity index (χ4v) is 3.20. The van der Waals surface area contributed by atoms with Crippen LogP contribution in [0.3, 0.4) is 0 Å². The number of hydrogen-bond donors (Lipinski definition) is 1. The summed E-state index contributed by atoms with van der Waals surface area (Å²) < 4.78 is 7.84. The smallest absolute Gasteiger partial charge is 0.143 e. The van der Waals surface area contributed by atoms with Gasteiger partial charge in [0.1, 0.15) is 5.75 Å². The van der Waals surface area contributed by atoms with Crippen LogP contribution in [0.5, 0.6) is 5.75 Å². The van der Waals surface area contributed by atoms with E-state index >= 15 is 0 Å². The van der Waals surface area contributed by atoms with Gasteiger partial charge in [-0.15, -0.1) is 0 Å². The summed E-state index contributed by atoms with van der Waals surface area (Å²) in [5, 5.41) is 4.84. The summed E-state index contributed by atoms with van der Waals surface area (Å²) >= 11 is 0. The van der Waals surface area contributed by atoms with Gasteiger partial charge < -0.3 is 14.6 Å². The normalized spacial score (nSPS) is 19.0. The van der Waals surface area contributed by atoms with Gasteiger partial charge in [-0.05, 0) is 36.1 Å². The van der Waals surface area contributed by atoms with Crippen LogP contribution in [0.25, 0.3) is 10.9 Å². The Morgan fingerprint density at radius 1 is 1.39 bits per heavy atom. The zero-order chi connectivity index (χ0) is 12.9. The number of benzene rings is 1. The van der Waals surface area contributed by atoms with Crippen LogP contribution in [0, 0.1) is 6.92 Å². The number of nitrogens with one attached hydrogen (secondary N) is 1. The predicted octanol–water partition coefficient (Wildman–Crippen LogP) is 2.70. The molecule has 3 heteroatoms. The first-order valence-electron chi connectivity index (χ1n) is 6.50. The minimum absolute atomic E-state index is 0.559. The molecule has 1 aliphatic rings. The van der Waals surface area contributed by atoms with E-state index < -0.39 is 0 Å². The van der Waals surface area contributed by atoms with Gasteiger partial charge in [0.15, 0.2) is 0 Å². The van der Waals surface area contributed by atoms with Crippen molar-refractivity contribution in [3.05, 3.63) is 29.0 Å². The molecule has 1 N–H and O–H groups in total. The molecule has 0 aliphatic carbocycles. The second-order valence-corrected chi connectivity index (χ2v) is 5.31. The van der Waals surface area contributed by atoms with E-state index in [1.165, 1.54) is 27.7 Å². The lowest BCUT2D eigenvalue weighted by atomic mass is 9.94. The monoisotopic (exact) mass is 244 g/mol. The molecule has 0 fully saturated rings. The first-order chi connectivity index (χ1) is 8.63. The minimum Gasteiger partial charge on any atom is -0.495 e. The van der Waals surface area contributed by atoms with E-state index in [4.69, 9.17) is 4.74 Å². The number of methoxy groups -OCH3 is 1. The standard InChI is InChI=1S/C15H20N2O/c1-9-5-11-14-10(2)7-16-8-12(14)17(3)15(11)13(6-9)18-4/h5-6,10,16H,7-8H2,1-4H3. The molecule has 0 radical (unpaired) electrons. The Hall–Kier alpha value is -1.48. The highest BCUT2D eigenvalue weighted by Crippen LogP contribution is 2.38. The van der Waals surface area contributed by atoms with Gasteiger partial charge in [-0.1, -0.05) is 6.92 Å². The van der Waals surface area contributed by atoms with Crippen molar-refractivity contribution in [1.29, 1.82) is 0 Å². The molecular formula is C15H20N2O. The Balaban J connectivity index is 2.43. The molecule has 18 heavy (non-hydrogen) atoms. The molecule has 1 aliphatic heterocycles. The number of aromatic nitrogens is 1. The third-order valence-corrected chi connectivity index (χ3v) is 4.02. The molecule has 1 aromatic heterocycles. The van der Waals surface area contributed by atoms with Gasteiger partial charge in [-0.2, -0.15) is 0 Å². The van der Waals surface area contributed by atoms with E-state index in [1.807, 2.05) is 0 Å². The van der Waals surface area contributed by atoms with Crippen LogP contribution >= 0.6 is 0 Å². The number of hydrogen-bond acceptors (Lipinski definition) is 2. The van der Waals surface area contributed by atoms with Crippen molar-refractivity contribution in [2.24, 2.45) is 7.05 Å². The van der Waals surface area contributed by atoms with Crippen molar-refractivity contribution < 1.29 is 4.74 Å². The summed E-state index contributed by atoms with van der Waals surface area (Å²) in [6.45, 7) is 6.43. The van der Waals surface area contributed by atoms with Gasteiger partial charge in [0.25, 0.3) is 0 Å². The van der Waals surface area contributed by atoms with Gasteiger partial charge in [0, 0.05) is 31.2 Å². The van der Waals surface area contributed by atoms with Crippen LogP contribution in [0.2, 0.25) is 0 Å². The van der Waals surface area contributed by atoms with Crippen molar-refractivity contribution in [2.45, 2.75) is 26.3 Å². The number of ether oxygens (including phenoxy) is 1. The average Bonchev–Trinajstić information content (AvgIpc) is 2.63. The quantitative estimate of drug-likeness (QED) is 0.834. The van der Waals surface area contributed by atoms with Crippen LogP contribution in [0.1, 0.15) is 29.7 Å². The molecule has 3 nitrogen and oxygen atoms in total. The van der Waals surface area contributed by atoms with Gasteiger partial charge in [-0.25, -0.2) is 0 Å². The van der Waals surface area contributed by atoms with Gasteiger partial charge in [-0.3, -0.25) is 0 Å². The lowest BCUT2D eigenvalue weighted by molar-refractivity contribution is 0.417. The molecule has 1 aromatic carbocycles. The van der Waals surface area contributed by atoms with Crippen LogP contribution in [0.4, 0.5) is 0 Å². The zero-order valence-corrected chi connectivity index (χ0v) is 11.5. The molecular weight excluding hydrogens is 224 g/mol. The third kappa shape index (κ3) is 1.47. The molecule has 96 valence electrons. The first kappa shape index (κ1) is 11.6. The van der Waals surface area contributed by atoms with Gasteiger partial charge >= 0.3 is 0 Å². The van der Waals surface area contributed by atoms with E-state index in [1.54, 1.807) is 7.11 Å². The molecule has 0 saturated heterocycles. The van der Waals surface area contributed by atoms with E-state index in [0.29, 0.717) is 5.92 Å². The van der Waals surface area contributed by atoms with Crippen molar-refractivity contribution in [3.63, 3.8) is 0 Å². The van der Waals surface area contributed by atoms with Crippen molar-refractivity contribution in [1.82, 2.24) is 9.88 Å². The summed E-state index contributed by atoms with van der Waals surface area (Å²) in [4.78, 5) is 0. The Morgan fingerprint density at radius 3 is 2.89 bits per heavy atom. The fraction of sp³-hybridized carbons (Fsp3) is 0.467. The molecule has 1 unspecified atom stereocenters. The van der Waals surface area contributed by atoms with E-state index in [9.17, 15) is 0 Å². The second kappa shape index (κ2) is 4.02. The topological polar surface area (TPSA) is 26.2 Å². The fourth-order valence-electron chi connectivity index (χ4n) is 3.20. The van der Waals surface area contributed by atoms with Crippen molar-refractivity contribution in [2.75, 3.05) is 13.7 Å². The summed E-state index contributed by atoms with van der Waals surface area (Å²) in [6.07, 6.45) is 0. The molecule has 1 atom stereocenters. The Labute approximate surface area is 108 Å². The van der Waals surface area contributed by atoms with Crippen LogP contribution in [0.15, 0.2) is 12.1 Å². The molecule has 3 rings (SSSR count). The molecule has 0 amide bonds. The molecule has 2 heterocycles. The minimum atomic E-state index is 0.559. The van der Waals surface area contributed by atoms with Gasteiger partial charge in [0.05, 0.1) is 12.6 Å². The van der Waals surface area contributed by atoms with E-state index in [-0.39, 0.29) is 0 Å². The van der Waals surface area contributed by atoms with Crippen molar-refractivity contribution >= 4 is 10.9 Å². The predicted molar refractivity (Wildman–Crippen MR) is 74.3 cm³/mol. The largest absolute Gasteiger partial charge is 0.495 e. The molecule has 0 spiro atoms. The number of rotatable bonds is 1. The van der Waals surface area contributed by atoms with Crippen LogP contribution in [-0.4, -0.2) is 18.2 Å². The molecule has 0 bridgehead atoms. The van der Waals surface area contributed by atoms with E-state index in [0.717, 1.165) is 18.8 Å². The second-order valence-electron chi connectivity index (χ2n) is 5.31. The van der Waals surface area contributed by atoms with Crippen LogP contribution in [-0.2, 0) is 13.6 Å². The maximum atomic E-state index is 5.56.